The van der Waals surface area contributed by atoms with Crippen LogP contribution in [0.3, 0.4) is 0 Å². The SMILES string of the molecule is CC/C=C\C/C=C\C/C=C\C/C=C\C/C=C\C/C=C\CCCCCCCOCC(COP(=O)(O)OCC(N)C(=O)O)OC(=O)CCCCCCCC/C=C\C/C=C\C/C=C\C/C=C\CC. The second kappa shape index (κ2) is 48.3. The monoisotopic (exact) mass is 926 g/mol. The van der Waals surface area contributed by atoms with E-state index < -0.39 is 45.1 Å². The molecule has 0 aromatic rings. The highest BCUT2D eigenvalue weighted by atomic mass is 31.2. The van der Waals surface area contributed by atoms with Crippen LogP contribution in [-0.2, 0) is 32.7 Å². The Labute approximate surface area is 394 Å². The van der Waals surface area contributed by atoms with Gasteiger partial charge in [-0.05, 0) is 103 Å². The van der Waals surface area contributed by atoms with E-state index in [4.69, 9.17) is 29.4 Å². The summed E-state index contributed by atoms with van der Waals surface area (Å²) >= 11 is 0. The van der Waals surface area contributed by atoms with Crippen LogP contribution in [0.5, 0.6) is 0 Å². The minimum Gasteiger partial charge on any atom is -0.480 e. The lowest BCUT2D eigenvalue weighted by atomic mass is 10.1. The quantitative estimate of drug-likeness (QED) is 0.0233. The average Bonchev–Trinajstić information content (AvgIpc) is 3.29. The minimum absolute atomic E-state index is 0.0116. The normalized spacial score (nSPS) is 14.8. The molecule has 0 saturated carbocycles. The highest BCUT2D eigenvalue weighted by molar-refractivity contribution is 7.47. The Morgan fingerprint density at radius 1 is 0.492 bits per heavy atom. The van der Waals surface area contributed by atoms with Crippen molar-refractivity contribution in [1.29, 1.82) is 0 Å². The zero-order valence-electron chi connectivity index (χ0n) is 40.3. The van der Waals surface area contributed by atoms with Crippen LogP contribution in [0.2, 0.25) is 0 Å². The molecule has 0 amide bonds. The Balaban J connectivity index is 4.28. The maximum absolute atomic E-state index is 12.7. The first kappa shape index (κ1) is 61.4. The van der Waals surface area contributed by atoms with Gasteiger partial charge in [0.05, 0.1) is 19.8 Å². The zero-order valence-corrected chi connectivity index (χ0v) is 41.2. The number of carbonyl (C=O) groups excluding carboxylic acids is 1. The number of ether oxygens (including phenoxy) is 2. The van der Waals surface area contributed by atoms with Gasteiger partial charge < -0.3 is 25.2 Å². The van der Waals surface area contributed by atoms with Gasteiger partial charge in [-0.2, -0.15) is 0 Å². The van der Waals surface area contributed by atoms with Crippen molar-refractivity contribution in [2.75, 3.05) is 26.4 Å². The van der Waals surface area contributed by atoms with Gasteiger partial charge in [0.25, 0.3) is 0 Å². The van der Waals surface area contributed by atoms with Crippen LogP contribution >= 0.6 is 7.82 Å². The fourth-order valence-corrected chi connectivity index (χ4v) is 6.79. The molecule has 4 N–H and O–H groups in total. The van der Waals surface area contributed by atoms with Crippen LogP contribution in [0.1, 0.15) is 168 Å². The summed E-state index contributed by atoms with van der Waals surface area (Å²) in [6.45, 7) is 3.57. The maximum Gasteiger partial charge on any atom is 0.472 e. The van der Waals surface area contributed by atoms with Crippen molar-refractivity contribution in [2.24, 2.45) is 5.73 Å². The van der Waals surface area contributed by atoms with Crippen molar-refractivity contribution in [2.45, 2.75) is 180 Å². The molecule has 11 heteroatoms. The van der Waals surface area contributed by atoms with Crippen molar-refractivity contribution >= 4 is 19.8 Å². The summed E-state index contributed by atoms with van der Waals surface area (Å²) in [5.74, 6) is -1.81. The predicted molar refractivity (Wildman–Crippen MR) is 272 cm³/mol. The van der Waals surface area contributed by atoms with Gasteiger partial charge in [0.15, 0.2) is 0 Å². The largest absolute Gasteiger partial charge is 0.480 e. The number of rotatable bonds is 45. The molecule has 0 aliphatic heterocycles. The number of unbranched alkanes of at least 4 members (excludes halogenated alkanes) is 11. The van der Waals surface area contributed by atoms with Gasteiger partial charge in [0.1, 0.15) is 12.1 Å². The first-order valence-corrected chi connectivity index (χ1v) is 26.1. The molecule has 0 aromatic heterocycles. The van der Waals surface area contributed by atoms with Crippen molar-refractivity contribution in [3.05, 3.63) is 122 Å². The van der Waals surface area contributed by atoms with E-state index in [1.54, 1.807) is 0 Å². The Hall–Kier alpha value is -3.63. The fourth-order valence-electron chi connectivity index (χ4n) is 6.01. The highest BCUT2D eigenvalue weighted by Crippen LogP contribution is 2.43. The molecular formula is C54H88NO9P. The first-order chi connectivity index (χ1) is 31.7. The smallest absolute Gasteiger partial charge is 0.472 e. The third kappa shape index (κ3) is 48.1. The number of carbonyl (C=O) groups is 2. The average molecular weight is 926 g/mol. The van der Waals surface area contributed by atoms with Gasteiger partial charge in [-0.25, -0.2) is 4.57 Å². The number of esters is 1. The van der Waals surface area contributed by atoms with E-state index in [0.29, 0.717) is 13.0 Å². The van der Waals surface area contributed by atoms with E-state index in [9.17, 15) is 19.0 Å². The molecule has 65 heavy (non-hydrogen) atoms. The van der Waals surface area contributed by atoms with Crippen LogP contribution in [-0.4, -0.2) is 60.5 Å². The van der Waals surface area contributed by atoms with Crippen LogP contribution in [0.15, 0.2) is 122 Å². The standard InChI is InChI=1S/C54H88NO9P/c1-3-5-7-9-11-13-15-17-19-21-23-24-25-26-27-29-31-33-35-37-39-41-43-45-47-61-48-51(49-62-65(59,60)63-50-52(55)54(57)58)64-53(56)46-44-42-40-38-36-34-32-30-28-22-20-18-16-14-12-10-8-6-4-2/h5-8,11-14,17-20,23-24,26-28,30-31,33,51-52H,3-4,9-10,15-16,21-22,25,29,32,34-50,55H2,1-2H3,(H,57,58)(H,59,60)/b7-5-,8-6-,13-11-,14-12-,19-17-,20-18-,24-23-,27-26-,30-28-,33-31-. The summed E-state index contributed by atoms with van der Waals surface area (Å²) in [5.41, 5.74) is 5.37. The van der Waals surface area contributed by atoms with Gasteiger partial charge in [-0.3, -0.25) is 18.6 Å². The number of hydrogen-bond acceptors (Lipinski definition) is 8. The molecule has 0 rings (SSSR count). The Bertz CT molecular complexity index is 1490. The van der Waals surface area contributed by atoms with Gasteiger partial charge in [0.2, 0.25) is 0 Å². The summed E-state index contributed by atoms with van der Waals surface area (Å²) in [4.78, 5) is 33.7. The zero-order chi connectivity index (χ0) is 47.6. The van der Waals surface area contributed by atoms with Crippen LogP contribution in [0.25, 0.3) is 0 Å². The van der Waals surface area contributed by atoms with Gasteiger partial charge >= 0.3 is 19.8 Å². The Kier molecular flexibility index (Phi) is 45.6. The molecule has 0 saturated heterocycles. The molecule has 0 radical (unpaired) electrons. The summed E-state index contributed by atoms with van der Waals surface area (Å²) < 4.78 is 33.4. The molecule has 0 aliphatic rings. The molecule has 3 atom stereocenters. The van der Waals surface area contributed by atoms with Crippen molar-refractivity contribution < 1.29 is 42.7 Å². The number of hydrogen-bond donors (Lipinski definition) is 3. The van der Waals surface area contributed by atoms with Crippen LogP contribution in [0.4, 0.5) is 0 Å². The van der Waals surface area contributed by atoms with E-state index >= 15 is 0 Å². The number of carboxylic acid groups (broad SMARTS) is 1. The van der Waals surface area contributed by atoms with Gasteiger partial charge in [0, 0.05) is 13.0 Å². The molecule has 3 unspecified atom stereocenters. The van der Waals surface area contributed by atoms with E-state index in [-0.39, 0.29) is 13.0 Å². The number of nitrogens with two attached hydrogens (primary N) is 1. The lowest BCUT2D eigenvalue weighted by molar-refractivity contribution is -0.154. The van der Waals surface area contributed by atoms with E-state index in [0.717, 1.165) is 141 Å². The Morgan fingerprint density at radius 2 is 0.846 bits per heavy atom. The van der Waals surface area contributed by atoms with Gasteiger partial charge in [-0.1, -0.05) is 180 Å². The minimum atomic E-state index is -4.64. The van der Waals surface area contributed by atoms with Crippen molar-refractivity contribution in [1.82, 2.24) is 0 Å². The molecule has 0 bridgehead atoms. The highest BCUT2D eigenvalue weighted by Gasteiger charge is 2.27. The lowest BCUT2D eigenvalue weighted by Gasteiger charge is -2.20. The second-order valence-corrected chi connectivity index (χ2v) is 17.3. The fraction of sp³-hybridized carbons (Fsp3) is 0.593. The molecule has 0 fully saturated rings. The Morgan fingerprint density at radius 3 is 1.26 bits per heavy atom. The lowest BCUT2D eigenvalue weighted by Crippen LogP contribution is -2.34. The third-order valence-electron chi connectivity index (χ3n) is 9.74. The van der Waals surface area contributed by atoms with E-state index in [2.05, 4.69) is 135 Å². The summed E-state index contributed by atoms with van der Waals surface area (Å²) in [7, 11) is -4.64. The molecule has 0 aliphatic carbocycles. The number of phosphoric acid groups is 1. The first-order valence-electron chi connectivity index (χ1n) is 24.6. The second-order valence-electron chi connectivity index (χ2n) is 15.8. The number of carboxylic acids is 1. The predicted octanol–water partition coefficient (Wildman–Crippen LogP) is 14.4. The van der Waals surface area contributed by atoms with Crippen molar-refractivity contribution in [3.63, 3.8) is 0 Å². The molecule has 0 spiro atoms. The van der Waals surface area contributed by atoms with Crippen LogP contribution < -0.4 is 5.73 Å². The number of allylic oxidation sites excluding steroid dienone is 20. The molecule has 368 valence electrons. The summed E-state index contributed by atoms with van der Waals surface area (Å²) in [6.07, 6.45) is 66.8. The molecule has 10 nitrogen and oxygen atoms in total. The number of aliphatic carboxylic acids is 1. The van der Waals surface area contributed by atoms with E-state index in [1.807, 2.05) is 0 Å². The summed E-state index contributed by atoms with van der Waals surface area (Å²) in [5, 5.41) is 8.93. The van der Waals surface area contributed by atoms with Gasteiger partial charge in [-0.15, -0.1) is 0 Å². The summed E-state index contributed by atoms with van der Waals surface area (Å²) in [6, 6.07) is -1.49. The molecular weight excluding hydrogens is 838 g/mol. The number of phosphoric ester groups is 1. The van der Waals surface area contributed by atoms with Crippen molar-refractivity contribution in [3.8, 4) is 0 Å². The van der Waals surface area contributed by atoms with Crippen LogP contribution in [0, 0.1) is 0 Å². The molecule has 0 heterocycles. The topological polar surface area (TPSA) is 155 Å². The molecule has 0 aromatic carbocycles. The third-order valence-corrected chi connectivity index (χ3v) is 10.7. The maximum atomic E-state index is 12.7. The van der Waals surface area contributed by atoms with E-state index in [1.165, 1.54) is 0 Å².